The smallest absolute Gasteiger partial charge is 0.237 e. The van der Waals surface area contributed by atoms with E-state index in [-0.39, 0.29) is 11.5 Å². The molecule has 1 heterocycles. The second-order valence-electron chi connectivity index (χ2n) is 4.86. The molecule has 0 bridgehead atoms. The van der Waals surface area contributed by atoms with Crippen LogP contribution in [0.4, 0.5) is 0 Å². The summed E-state index contributed by atoms with van der Waals surface area (Å²) >= 11 is 0. The molecule has 1 aliphatic heterocycles. The highest BCUT2D eigenvalue weighted by Gasteiger charge is 2.30. The van der Waals surface area contributed by atoms with E-state index in [0.717, 1.165) is 25.9 Å². The first-order chi connectivity index (χ1) is 8.07. The first-order valence-corrected chi connectivity index (χ1v) is 6.23. The lowest BCUT2D eigenvalue weighted by molar-refractivity contribution is -0.123. The highest BCUT2D eigenvalue weighted by Crippen LogP contribution is 2.23. The van der Waals surface area contributed by atoms with Gasteiger partial charge in [0.1, 0.15) is 0 Å². The monoisotopic (exact) mass is 244 g/mol. The van der Waals surface area contributed by atoms with E-state index in [9.17, 15) is 4.79 Å². The average molecular weight is 244 g/mol. The van der Waals surface area contributed by atoms with Crippen molar-refractivity contribution in [1.82, 2.24) is 5.32 Å². The highest BCUT2D eigenvalue weighted by atomic mass is 16.5. The third kappa shape index (κ3) is 5.02. The van der Waals surface area contributed by atoms with Crippen LogP contribution in [0.1, 0.15) is 32.6 Å². The average Bonchev–Trinajstić information content (AvgIpc) is 2.74. The lowest BCUT2D eigenvalue weighted by Crippen LogP contribution is -2.46. The molecule has 0 aromatic carbocycles. The van der Waals surface area contributed by atoms with Gasteiger partial charge >= 0.3 is 0 Å². The summed E-state index contributed by atoms with van der Waals surface area (Å²) in [4.78, 5) is 11.7. The first kappa shape index (κ1) is 14.4. The van der Waals surface area contributed by atoms with Crippen molar-refractivity contribution in [2.75, 3.05) is 26.9 Å². The number of rotatable bonds is 7. The van der Waals surface area contributed by atoms with Gasteiger partial charge in [0.2, 0.25) is 5.91 Å². The highest BCUT2D eigenvalue weighted by molar-refractivity contribution is 5.81. The number of carbonyl (C=O) groups excluding carboxylic acids is 1. The summed E-state index contributed by atoms with van der Waals surface area (Å²) in [6, 6.07) is -0.449. The molecule has 1 amide bonds. The van der Waals surface area contributed by atoms with Crippen LogP contribution >= 0.6 is 0 Å². The van der Waals surface area contributed by atoms with Crippen molar-refractivity contribution in [3.63, 3.8) is 0 Å². The Kier molecular flexibility index (Phi) is 5.88. The van der Waals surface area contributed by atoms with Crippen LogP contribution < -0.4 is 11.1 Å². The minimum Gasteiger partial charge on any atom is -0.385 e. The zero-order chi connectivity index (χ0) is 12.7. The zero-order valence-corrected chi connectivity index (χ0v) is 10.8. The largest absolute Gasteiger partial charge is 0.385 e. The topological polar surface area (TPSA) is 73.6 Å². The molecule has 1 aliphatic rings. The Morgan fingerprint density at radius 1 is 1.65 bits per heavy atom. The molecule has 0 saturated carbocycles. The summed E-state index contributed by atoms with van der Waals surface area (Å²) in [7, 11) is 1.64. The molecule has 100 valence electrons. The predicted octanol–water partition coefficient (Wildman–Crippen LogP) is 0.426. The molecule has 0 aliphatic carbocycles. The van der Waals surface area contributed by atoms with Gasteiger partial charge < -0.3 is 20.5 Å². The van der Waals surface area contributed by atoms with Crippen molar-refractivity contribution >= 4 is 5.91 Å². The van der Waals surface area contributed by atoms with Crippen LogP contribution in [0.25, 0.3) is 0 Å². The molecule has 2 atom stereocenters. The molecule has 1 saturated heterocycles. The van der Waals surface area contributed by atoms with E-state index in [4.69, 9.17) is 15.2 Å². The molecule has 1 rings (SSSR count). The molecule has 1 fully saturated rings. The summed E-state index contributed by atoms with van der Waals surface area (Å²) in [5.74, 6) is -0.0992. The van der Waals surface area contributed by atoms with E-state index in [1.807, 2.05) is 6.92 Å². The normalized spacial score (nSPS) is 25.8. The molecule has 5 heteroatoms. The molecular weight excluding hydrogens is 220 g/mol. The van der Waals surface area contributed by atoms with Crippen molar-refractivity contribution in [3.8, 4) is 0 Å². The fourth-order valence-corrected chi connectivity index (χ4v) is 1.96. The maximum atomic E-state index is 11.7. The standard InChI is InChI=1S/C12H24N2O3/c1-12(6-4-8-17-12)9-14-11(15)10(13)5-3-7-16-2/h10H,3-9,13H2,1-2H3,(H,14,15). The van der Waals surface area contributed by atoms with E-state index in [2.05, 4.69) is 5.32 Å². The van der Waals surface area contributed by atoms with Crippen molar-refractivity contribution in [2.45, 2.75) is 44.2 Å². The number of carbonyl (C=O) groups is 1. The molecule has 0 radical (unpaired) electrons. The van der Waals surface area contributed by atoms with Crippen molar-refractivity contribution in [2.24, 2.45) is 5.73 Å². The Morgan fingerprint density at radius 2 is 2.41 bits per heavy atom. The number of nitrogens with two attached hydrogens (primary N) is 1. The maximum absolute atomic E-state index is 11.7. The van der Waals surface area contributed by atoms with Gasteiger partial charge in [0.05, 0.1) is 11.6 Å². The van der Waals surface area contributed by atoms with Gasteiger partial charge in [0, 0.05) is 26.9 Å². The Hall–Kier alpha value is -0.650. The van der Waals surface area contributed by atoms with Gasteiger partial charge in [-0.15, -0.1) is 0 Å². The number of amides is 1. The van der Waals surface area contributed by atoms with Gasteiger partial charge in [0.15, 0.2) is 0 Å². The Bertz CT molecular complexity index is 240. The Morgan fingerprint density at radius 3 is 3.00 bits per heavy atom. The molecular formula is C12H24N2O3. The van der Waals surface area contributed by atoms with Gasteiger partial charge in [0.25, 0.3) is 0 Å². The molecule has 2 unspecified atom stereocenters. The Labute approximate surface area is 103 Å². The van der Waals surface area contributed by atoms with Crippen LogP contribution in [-0.2, 0) is 14.3 Å². The van der Waals surface area contributed by atoms with Crippen molar-refractivity contribution in [1.29, 1.82) is 0 Å². The van der Waals surface area contributed by atoms with Crippen LogP contribution in [-0.4, -0.2) is 44.4 Å². The van der Waals surface area contributed by atoms with E-state index in [1.54, 1.807) is 7.11 Å². The summed E-state index contributed by atoms with van der Waals surface area (Å²) in [5, 5.41) is 2.86. The van der Waals surface area contributed by atoms with Gasteiger partial charge in [-0.2, -0.15) is 0 Å². The Balaban J connectivity index is 2.19. The number of hydrogen-bond donors (Lipinski definition) is 2. The maximum Gasteiger partial charge on any atom is 0.237 e. The van der Waals surface area contributed by atoms with E-state index >= 15 is 0 Å². The van der Waals surface area contributed by atoms with Gasteiger partial charge in [-0.1, -0.05) is 0 Å². The molecule has 5 nitrogen and oxygen atoms in total. The minimum atomic E-state index is -0.449. The summed E-state index contributed by atoms with van der Waals surface area (Å²) < 4.78 is 10.5. The number of ether oxygens (including phenoxy) is 2. The molecule has 0 aromatic rings. The number of methoxy groups -OCH3 is 1. The zero-order valence-electron chi connectivity index (χ0n) is 10.8. The van der Waals surface area contributed by atoms with Crippen LogP contribution in [0.2, 0.25) is 0 Å². The van der Waals surface area contributed by atoms with E-state index < -0.39 is 6.04 Å². The third-order valence-corrected chi connectivity index (χ3v) is 3.14. The lowest BCUT2D eigenvalue weighted by atomic mass is 10.0. The third-order valence-electron chi connectivity index (χ3n) is 3.14. The summed E-state index contributed by atoms with van der Waals surface area (Å²) in [6.07, 6.45) is 3.51. The predicted molar refractivity (Wildman–Crippen MR) is 65.7 cm³/mol. The SMILES string of the molecule is COCCCC(N)C(=O)NCC1(C)CCCO1. The molecule has 0 spiro atoms. The second kappa shape index (κ2) is 6.93. The van der Waals surface area contributed by atoms with Crippen LogP contribution in [0.5, 0.6) is 0 Å². The van der Waals surface area contributed by atoms with Crippen LogP contribution in [0.15, 0.2) is 0 Å². The molecule has 3 N–H and O–H groups in total. The summed E-state index contributed by atoms with van der Waals surface area (Å²) in [5.41, 5.74) is 5.57. The van der Waals surface area contributed by atoms with Gasteiger partial charge in [-0.25, -0.2) is 0 Å². The second-order valence-corrected chi connectivity index (χ2v) is 4.86. The van der Waals surface area contributed by atoms with Crippen molar-refractivity contribution < 1.29 is 14.3 Å². The minimum absolute atomic E-state index is 0.0992. The summed E-state index contributed by atoms with van der Waals surface area (Å²) in [6.45, 7) is 3.99. The molecule has 17 heavy (non-hydrogen) atoms. The first-order valence-electron chi connectivity index (χ1n) is 6.23. The van der Waals surface area contributed by atoms with Crippen LogP contribution in [0.3, 0.4) is 0 Å². The number of hydrogen-bond acceptors (Lipinski definition) is 4. The fourth-order valence-electron chi connectivity index (χ4n) is 1.96. The van der Waals surface area contributed by atoms with E-state index in [1.165, 1.54) is 0 Å². The van der Waals surface area contributed by atoms with E-state index in [0.29, 0.717) is 19.6 Å². The molecule has 0 aromatic heterocycles. The number of nitrogens with one attached hydrogen (secondary N) is 1. The van der Waals surface area contributed by atoms with Crippen LogP contribution in [0, 0.1) is 0 Å². The van der Waals surface area contributed by atoms with Gasteiger partial charge in [-0.3, -0.25) is 4.79 Å². The van der Waals surface area contributed by atoms with Crippen molar-refractivity contribution in [3.05, 3.63) is 0 Å². The van der Waals surface area contributed by atoms with Gasteiger partial charge in [-0.05, 0) is 32.6 Å². The quantitative estimate of drug-likeness (QED) is 0.637. The lowest BCUT2D eigenvalue weighted by Gasteiger charge is -2.24. The fraction of sp³-hybridized carbons (Fsp3) is 0.917.